The molecule has 2 aromatic carbocycles. The van der Waals surface area contributed by atoms with Crippen molar-refractivity contribution in [3.8, 4) is 26.6 Å². The molecule has 1 aromatic heterocycles. The van der Waals surface area contributed by atoms with Crippen molar-refractivity contribution in [1.82, 2.24) is 0 Å². The third kappa shape index (κ3) is 3.10. The maximum Gasteiger partial charge on any atom is 0.335 e. The standard InChI is InChI=1S/C18H13FO3S/c1-22-15-7-6-13(10-14(15)19)17-9-8-16(23-17)11-2-4-12(5-3-11)18(20)21/h2-10H,1H3,(H,20,21). The summed E-state index contributed by atoms with van der Waals surface area (Å²) in [4.78, 5) is 12.8. The first kappa shape index (κ1) is 15.2. The van der Waals surface area contributed by atoms with Crippen LogP contribution in [-0.2, 0) is 0 Å². The Kier molecular flexibility index (Phi) is 4.12. The van der Waals surface area contributed by atoms with Gasteiger partial charge in [-0.3, -0.25) is 0 Å². The molecule has 3 rings (SSSR count). The lowest BCUT2D eigenvalue weighted by atomic mass is 10.1. The van der Waals surface area contributed by atoms with E-state index in [1.807, 2.05) is 18.2 Å². The molecule has 0 saturated heterocycles. The highest BCUT2D eigenvalue weighted by Crippen LogP contribution is 2.35. The van der Waals surface area contributed by atoms with Gasteiger partial charge in [0.15, 0.2) is 11.6 Å². The van der Waals surface area contributed by atoms with Crippen LogP contribution in [0.15, 0.2) is 54.6 Å². The van der Waals surface area contributed by atoms with Crippen molar-refractivity contribution in [2.75, 3.05) is 7.11 Å². The molecule has 116 valence electrons. The number of carboxylic acids is 1. The second-order valence-electron chi connectivity index (χ2n) is 4.90. The zero-order chi connectivity index (χ0) is 16.4. The van der Waals surface area contributed by atoms with Gasteiger partial charge < -0.3 is 9.84 Å². The third-order valence-electron chi connectivity index (χ3n) is 3.46. The number of halogens is 1. The van der Waals surface area contributed by atoms with E-state index >= 15 is 0 Å². The smallest absolute Gasteiger partial charge is 0.335 e. The van der Waals surface area contributed by atoms with Crippen LogP contribution in [0.1, 0.15) is 10.4 Å². The fourth-order valence-corrected chi connectivity index (χ4v) is 3.25. The van der Waals surface area contributed by atoms with E-state index < -0.39 is 11.8 Å². The fourth-order valence-electron chi connectivity index (χ4n) is 2.24. The average Bonchev–Trinajstić information content (AvgIpc) is 3.05. The molecule has 0 saturated carbocycles. The molecule has 0 amide bonds. The Balaban J connectivity index is 1.91. The summed E-state index contributed by atoms with van der Waals surface area (Å²) in [6, 6.07) is 15.4. The van der Waals surface area contributed by atoms with Crippen LogP contribution < -0.4 is 4.74 Å². The lowest BCUT2D eigenvalue weighted by Crippen LogP contribution is -1.94. The Bertz CT molecular complexity index is 853. The average molecular weight is 328 g/mol. The highest BCUT2D eigenvalue weighted by molar-refractivity contribution is 7.18. The summed E-state index contributed by atoms with van der Waals surface area (Å²) in [6.45, 7) is 0. The Morgan fingerprint density at radius 1 is 1.00 bits per heavy atom. The van der Waals surface area contributed by atoms with Gasteiger partial charge in [0.1, 0.15) is 0 Å². The van der Waals surface area contributed by atoms with Crippen molar-refractivity contribution in [3.05, 3.63) is 66.0 Å². The highest BCUT2D eigenvalue weighted by atomic mass is 32.1. The summed E-state index contributed by atoms with van der Waals surface area (Å²) in [7, 11) is 1.43. The molecule has 0 unspecified atom stereocenters. The molecule has 0 aliphatic heterocycles. The van der Waals surface area contributed by atoms with Crippen LogP contribution in [0.4, 0.5) is 4.39 Å². The largest absolute Gasteiger partial charge is 0.494 e. The first-order valence-corrected chi connectivity index (χ1v) is 7.67. The number of carboxylic acid groups (broad SMARTS) is 1. The summed E-state index contributed by atoms with van der Waals surface area (Å²) in [5.41, 5.74) is 1.96. The molecule has 0 bridgehead atoms. The van der Waals surface area contributed by atoms with Crippen LogP contribution in [0, 0.1) is 5.82 Å². The Morgan fingerprint density at radius 3 is 2.17 bits per heavy atom. The number of methoxy groups -OCH3 is 1. The number of ether oxygens (including phenoxy) is 1. The normalized spacial score (nSPS) is 10.5. The van der Waals surface area contributed by atoms with Crippen LogP contribution in [0.25, 0.3) is 20.9 Å². The summed E-state index contributed by atoms with van der Waals surface area (Å²) in [6.07, 6.45) is 0. The molecule has 0 spiro atoms. The van der Waals surface area contributed by atoms with Gasteiger partial charge in [-0.1, -0.05) is 12.1 Å². The summed E-state index contributed by atoms with van der Waals surface area (Å²) >= 11 is 1.52. The van der Waals surface area contributed by atoms with Gasteiger partial charge >= 0.3 is 5.97 Å². The number of benzene rings is 2. The van der Waals surface area contributed by atoms with Gasteiger partial charge in [0.05, 0.1) is 12.7 Å². The zero-order valence-electron chi connectivity index (χ0n) is 12.2. The SMILES string of the molecule is COc1ccc(-c2ccc(-c3ccc(C(=O)O)cc3)s2)cc1F. The number of rotatable bonds is 4. The maximum atomic E-state index is 13.8. The molecular weight excluding hydrogens is 315 g/mol. The second kappa shape index (κ2) is 6.22. The highest BCUT2D eigenvalue weighted by Gasteiger charge is 2.09. The molecule has 3 nitrogen and oxygen atoms in total. The summed E-state index contributed by atoms with van der Waals surface area (Å²) < 4.78 is 18.7. The lowest BCUT2D eigenvalue weighted by molar-refractivity contribution is 0.0697. The van der Waals surface area contributed by atoms with Crippen LogP contribution in [0.5, 0.6) is 5.75 Å². The molecule has 0 aliphatic rings. The van der Waals surface area contributed by atoms with E-state index in [-0.39, 0.29) is 11.3 Å². The summed E-state index contributed by atoms with van der Waals surface area (Å²) in [5.74, 6) is -1.13. The van der Waals surface area contributed by atoms with E-state index in [0.29, 0.717) is 0 Å². The van der Waals surface area contributed by atoms with Crippen molar-refractivity contribution in [3.63, 3.8) is 0 Å². The van der Waals surface area contributed by atoms with E-state index in [1.54, 1.807) is 30.3 Å². The maximum absolute atomic E-state index is 13.8. The van der Waals surface area contributed by atoms with E-state index in [4.69, 9.17) is 9.84 Å². The van der Waals surface area contributed by atoms with Crippen molar-refractivity contribution in [2.45, 2.75) is 0 Å². The quantitative estimate of drug-likeness (QED) is 0.739. The lowest BCUT2D eigenvalue weighted by Gasteiger charge is -2.03. The Labute approximate surface area is 136 Å². The molecule has 23 heavy (non-hydrogen) atoms. The van der Waals surface area contributed by atoms with Gasteiger partial charge in [0.2, 0.25) is 0 Å². The van der Waals surface area contributed by atoms with Crippen molar-refractivity contribution < 1.29 is 19.0 Å². The van der Waals surface area contributed by atoms with E-state index in [2.05, 4.69) is 0 Å². The van der Waals surface area contributed by atoms with Gasteiger partial charge in [-0.2, -0.15) is 0 Å². The molecule has 0 atom stereocenters. The van der Waals surface area contributed by atoms with Crippen LogP contribution in [-0.4, -0.2) is 18.2 Å². The van der Waals surface area contributed by atoms with Gasteiger partial charge in [-0.25, -0.2) is 9.18 Å². The topological polar surface area (TPSA) is 46.5 Å². The molecule has 3 aromatic rings. The van der Waals surface area contributed by atoms with E-state index in [1.165, 1.54) is 24.5 Å². The molecule has 5 heteroatoms. The van der Waals surface area contributed by atoms with Gasteiger partial charge in [-0.15, -0.1) is 11.3 Å². The van der Waals surface area contributed by atoms with Crippen molar-refractivity contribution in [1.29, 1.82) is 0 Å². The monoisotopic (exact) mass is 328 g/mol. The van der Waals surface area contributed by atoms with Crippen LogP contribution in [0.3, 0.4) is 0 Å². The van der Waals surface area contributed by atoms with Crippen molar-refractivity contribution >= 4 is 17.3 Å². The van der Waals surface area contributed by atoms with Gasteiger partial charge in [0, 0.05) is 9.75 Å². The van der Waals surface area contributed by atoms with E-state index in [0.717, 1.165) is 20.9 Å². The predicted molar refractivity (Wildman–Crippen MR) is 88.7 cm³/mol. The number of carbonyl (C=O) groups is 1. The minimum absolute atomic E-state index is 0.217. The fraction of sp³-hybridized carbons (Fsp3) is 0.0556. The van der Waals surface area contributed by atoms with E-state index in [9.17, 15) is 9.18 Å². The van der Waals surface area contributed by atoms with Crippen LogP contribution in [0.2, 0.25) is 0 Å². The molecule has 0 aliphatic carbocycles. The zero-order valence-corrected chi connectivity index (χ0v) is 13.1. The van der Waals surface area contributed by atoms with Gasteiger partial charge in [0.25, 0.3) is 0 Å². The molecular formula is C18H13FO3S. The second-order valence-corrected chi connectivity index (χ2v) is 5.98. The first-order chi connectivity index (χ1) is 11.1. The Hall–Kier alpha value is -2.66. The first-order valence-electron chi connectivity index (χ1n) is 6.86. The van der Waals surface area contributed by atoms with Crippen molar-refractivity contribution in [2.24, 2.45) is 0 Å². The van der Waals surface area contributed by atoms with Crippen LogP contribution >= 0.6 is 11.3 Å². The summed E-state index contributed by atoms with van der Waals surface area (Å²) in [5, 5.41) is 8.92. The molecule has 0 fully saturated rings. The number of hydrogen-bond acceptors (Lipinski definition) is 3. The minimum Gasteiger partial charge on any atom is -0.494 e. The Morgan fingerprint density at radius 2 is 1.61 bits per heavy atom. The molecule has 0 radical (unpaired) electrons. The predicted octanol–water partition coefficient (Wildman–Crippen LogP) is 4.93. The number of aromatic carboxylic acids is 1. The number of hydrogen-bond donors (Lipinski definition) is 1. The van der Waals surface area contributed by atoms with Gasteiger partial charge in [-0.05, 0) is 53.6 Å². The third-order valence-corrected chi connectivity index (χ3v) is 4.64. The molecule has 1 heterocycles. The molecule has 1 N–H and O–H groups in total. The minimum atomic E-state index is -0.947. The number of thiophene rings is 1.